The van der Waals surface area contributed by atoms with Crippen LogP contribution < -0.4 is 4.72 Å². The molecule has 0 saturated heterocycles. The Labute approximate surface area is 129 Å². The minimum atomic E-state index is -3.56. The van der Waals surface area contributed by atoms with E-state index in [0.717, 1.165) is 19.3 Å². The standard InChI is InChI=1S/C13H18ClNO3S2/c1-19-13-4-2-3-12(13)15-20(17,18)10-6-5-9(8-16)11(14)7-10/h5-7,12-13,15-16H,2-4,8H2,1H3. The summed E-state index contributed by atoms with van der Waals surface area (Å²) in [6.07, 6.45) is 4.96. The fourth-order valence-corrected chi connectivity index (χ4v) is 5.10. The Hall–Kier alpha value is -0.270. The summed E-state index contributed by atoms with van der Waals surface area (Å²) in [5, 5.41) is 9.65. The average molecular weight is 336 g/mol. The van der Waals surface area contributed by atoms with Crippen molar-refractivity contribution in [2.75, 3.05) is 6.26 Å². The van der Waals surface area contributed by atoms with Crippen LogP contribution >= 0.6 is 23.4 Å². The summed E-state index contributed by atoms with van der Waals surface area (Å²) in [5.74, 6) is 0. The van der Waals surface area contributed by atoms with Crippen LogP contribution in [-0.4, -0.2) is 31.1 Å². The zero-order valence-corrected chi connectivity index (χ0v) is 13.6. The molecular formula is C13H18ClNO3S2. The van der Waals surface area contributed by atoms with Crippen molar-refractivity contribution >= 4 is 33.4 Å². The molecule has 0 spiro atoms. The third kappa shape index (κ3) is 3.49. The summed E-state index contributed by atoms with van der Waals surface area (Å²) in [6, 6.07) is 4.38. The number of hydrogen-bond donors (Lipinski definition) is 2. The quantitative estimate of drug-likeness (QED) is 0.867. The molecule has 0 aliphatic heterocycles. The number of hydrogen-bond acceptors (Lipinski definition) is 4. The molecule has 1 aliphatic carbocycles. The highest BCUT2D eigenvalue weighted by molar-refractivity contribution is 7.99. The minimum Gasteiger partial charge on any atom is -0.392 e. The van der Waals surface area contributed by atoms with Crippen LogP contribution in [0.4, 0.5) is 0 Å². The van der Waals surface area contributed by atoms with Crippen LogP contribution in [0.2, 0.25) is 5.02 Å². The molecule has 0 heterocycles. The van der Waals surface area contributed by atoms with Gasteiger partial charge in [0.05, 0.1) is 11.5 Å². The van der Waals surface area contributed by atoms with Gasteiger partial charge in [-0.25, -0.2) is 13.1 Å². The van der Waals surface area contributed by atoms with Gasteiger partial charge < -0.3 is 5.11 Å². The predicted octanol–water partition coefficient (Wildman–Crippen LogP) is 2.39. The summed E-state index contributed by atoms with van der Waals surface area (Å²) in [5.41, 5.74) is 0.522. The van der Waals surface area contributed by atoms with Crippen molar-refractivity contribution in [3.8, 4) is 0 Å². The van der Waals surface area contributed by atoms with Crippen LogP contribution in [0.1, 0.15) is 24.8 Å². The molecule has 0 bridgehead atoms. The monoisotopic (exact) mass is 335 g/mol. The van der Waals surface area contributed by atoms with Gasteiger partial charge in [-0.05, 0) is 36.8 Å². The Kier molecular flexibility index (Phi) is 5.36. The number of rotatable bonds is 5. The van der Waals surface area contributed by atoms with Crippen LogP contribution in [0.15, 0.2) is 23.1 Å². The van der Waals surface area contributed by atoms with E-state index in [4.69, 9.17) is 16.7 Å². The topological polar surface area (TPSA) is 66.4 Å². The van der Waals surface area contributed by atoms with Crippen molar-refractivity contribution in [1.82, 2.24) is 4.72 Å². The van der Waals surface area contributed by atoms with E-state index >= 15 is 0 Å². The van der Waals surface area contributed by atoms with E-state index in [1.54, 1.807) is 11.8 Å². The summed E-state index contributed by atoms with van der Waals surface area (Å²) in [6.45, 7) is -0.205. The predicted molar refractivity (Wildman–Crippen MR) is 82.6 cm³/mol. The summed E-state index contributed by atoms with van der Waals surface area (Å²) >= 11 is 7.65. The SMILES string of the molecule is CSC1CCCC1NS(=O)(=O)c1ccc(CO)c(Cl)c1. The average Bonchev–Trinajstić information content (AvgIpc) is 2.85. The molecule has 1 saturated carbocycles. The van der Waals surface area contributed by atoms with Gasteiger partial charge in [-0.2, -0.15) is 11.8 Å². The van der Waals surface area contributed by atoms with Gasteiger partial charge >= 0.3 is 0 Å². The van der Waals surface area contributed by atoms with Crippen molar-refractivity contribution < 1.29 is 13.5 Å². The summed E-state index contributed by atoms with van der Waals surface area (Å²) < 4.78 is 27.5. The van der Waals surface area contributed by atoms with Crippen LogP contribution in [-0.2, 0) is 16.6 Å². The maximum Gasteiger partial charge on any atom is 0.240 e. The zero-order chi connectivity index (χ0) is 14.8. The Morgan fingerprint density at radius 3 is 2.80 bits per heavy atom. The Balaban J connectivity index is 2.20. The molecule has 7 heteroatoms. The zero-order valence-electron chi connectivity index (χ0n) is 11.2. The molecule has 20 heavy (non-hydrogen) atoms. The van der Waals surface area contributed by atoms with Crippen molar-refractivity contribution in [2.45, 2.75) is 42.1 Å². The molecule has 1 fully saturated rings. The largest absolute Gasteiger partial charge is 0.392 e. The third-order valence-electron chi connectivity index (χ3n) is 3.57. The smallest absolute Gasteiger partial charge is 0.240 e. The molecule has 2 atom stereocenters. The lowest BCUT2D eigenvalue weighted by Gasteiger charge is -2.19. The minimum absolute atomic E-state index is 0.0220. The maximum absolute atomic E-state index is 12.4. The second kappa shape index (κ2) is 6.66. The summed E-state index contributed by atoms with van der Waals surface area (Å²) in [4.78, 5) is 0.145. The van der Waals surface area contributed by atoms with Gasteiger partial charge in [0.1, 0.15) is 0 Å². The van der Waals surface area contributed by atoms with Crippen LogP contribution in [0.3, 0.4) is 0 Å². The maximum atomic E-state index is 12.4. The lowest BCUT2D eigenvalue weighted by Crippen LogP contribution is -2.38. The van der Waals surface area contributed by atoms with Crippen LogP contribution in [0.25, 0.3) is 0 Å². The number of benzene rings is 1. The van der Waals surface area contributed by atoms with E-state index in [-0.39, 0.29) is 22.6 Å². The molecule has 0 amide bonds. The lowest BCUT2D eigenvalue weighted by atomic mass is 10.2. The van der Waals surface area contributed by atoms with E-state index in [1.165, 1.54) is 18.2 Å². The van der Waals surface area contributed by atoms with Gasteiger partial charge in [0.15, 0.2) is 0 Å². The highest BCUT2D eigenvalue weighted by Gasteiger charge is 2.30. The highest BCUT2D eigenvalue weighted by Crippen LogP contribution is 2.30. The van der Waals surface area contributed by atoms with Gasteiger partial charge in [-0.3, -0.25) is 0 Å². The lowest BCUT2D eigenvalue weighted by molar-refractivity contribution is 0.282. The van der Waals surface area contributed by atoms with Crippen LogP contribution in [0.5, 0.6) is 0 Å². The van der Waals surface area contributed by atoms with Crippen molar-refractivity contribution in [3.63, 3.8) is 0 Å². The molecule has 0 radical (unpaired) electrons. The first-order valence-corrected chi connectivity index (χ1v) is 9.57. The van der Waals surface area contributed by atoms with Gasteiger partial charge in [-0.15, -0.1) is 0 Å². The van der Waals surface area contributed by atoms with Gasteiger partial charge in [-0.1, -0.05) is 24.1 Å². The fraction of sp³-hybridized carbons (Fsp3) is 0.538. The highest BCUT2D eigenvalue weighted by atomic mass is 35.5. The molecule has 2 N–H and O–H groups in total. The van der Waals surface area contributed by atoms with Gasteiger partial charge in [0.25, 0.3) is 0 Å². The second-order valence-corrected chi connectivity index (χ2v) is 8.04. The molecule has 112 valence electrons. The number of halogens is 1. The fourth-order valence-electron chi connectivity index (χ4n) is 2.43. The Bertz CT molecular complexity index is 577. The van der Waals surface area contributed by atoms with Crippen molar-refractivity contribution in [3.05, 3.63) is 28.8 Å². The van der Waals surface area contributed by atoms with Crippen molar-refractivity contribution in [1.29, 1.82) is 0 Å². The molecule has 2 rings (SSSR count). The number of aliphatic hydroxyl groups is 1. The number of sulfonamides is 1. The molecule has 4 nitrogen and oxygen atoms in total. The molecule has 1 aliphatic rings. The Morgan fingerprint density at radius 2 is 2.20 bits per heavy atom. The first kappa shape index (κ1) is 16.1. The first-order valence-electron chi connectivity index (χ1n) is 6.42. The Morgan fingerprint density at radius 1 is 1.45 bits per heavy atom. The van der Waals surface area contributed by atoms with Gasteiger partial charge in [0.2, 0.25) is 10.0 Å². The van der Waals surface area contributed by atoms with Gasteiger partial charge in [0, 0.05) is 16.3 Å². The molecule has 1 aromatic rings. The number of aliphatic hydroxyl groups excluding tert-OH is 1. The second-order valence-electron chi connectivity index (χ2n) is 4.84. The number of thioether (sulfide) groups is 1. The molecule has 1 aromatic carbocycles. The van der Waals surface area contributed by atoms with E-state index < -0.39 is 10.0 Å². The first-order chi connectivity index (χ1) is 9.47. The third-order valence-corrected chi connectivity index (χ3v) is 6.58. The normalized spacial score (nSPS) is 23.1. The van der Waals surface area contributed by atoms with Crippen molar-refractivity contribution in [2.24, 2.45) is 0 Å². The molecular weight excluding hydrogens is 318 g/mol. The molecule has 0 aromatic heterocycles. The van der Waals surface area contributed by atoms with E-state index in [9.17, 15) is 8.42 Å². The van der Waals surface area contributed by atoms with E-state index in [0.29, 0.717) is 10.8 Å². The van der Waals surface area contributed by atoms with E-state index in [2.05, 4.69) is 4.72 Å². The summed E-state index contributed by atoms with van der Waals surface area (Å²) in [7, 11) is -3.56. The molecule has 2 unspecified atom stereocenters. The number of nitrogens with one attached hydrogen (secondary N) is 1. The van der Waals surface area contributed by atoms with E-state index in [1.807, 2.05) is 6.26 Å². The van der Waals surface area contributed by atoms with Crippen LogP contribution in [0, 0.1) is 0 Å².